The summed E-state index contributed by atoms with van der Waals surface area (Å²) in [5.41, 5.74) is 0.848. The topological polar surface area (TPSA) is 36.7 Å². The third-order valence-corrected chi connectivity index (χ3v) is 5.09. The van der Waals surface area contributed by atoms with Gasteiger partial charge in [-0.15, -0.1) is 11.8 Å². The average Bonchev–Trinajstić information content (AvgIpc) is 2.66. The van der Waals surface area contributed by atoms with Gasteiger partial charge in [0.05, 0.1) is 16.8 Å². The minimum absolute atomic E-state index is 0.00257. The predicted octanol–water partition coefficient (Wildman–Crippen LogP) is 6.38. The SMILES string of the molecule is Cc1ccc(-c2cc(C(F)(F)F)c(C#N)c(SCc3ccc(F)cc3)n2)cc1. The number of alkyl halides is 3. The molecule has 0 aliphatic carbocycles. The van der Waals surface area contributed by atoms with Crippen molar-refractivity contribution in [1.82, 2.24) is 4.98 Å². The summed E-state index contributed by atoms with van der Waals surface area (Å²) in [5.74, 6) is -0.137. The first-order valence-electron chi connectivity index (χ1n) is 8.24. The molecule has 0 radical (unpaired) electrons. The number of hydrogen-bond acceptors (Lipinski definition) is 3. The van der Waals surface area contributed by atoms with E-state index < -0.39 is 23.1 Å². The van der Waals surface area contributed by atoms with Gasteiger partial charge < -0.3 is 0 Å². The number of thioether (sulfide) groups is 1. The molecule has 2 aromatic carbocycles. The Morgan fingerprint density at radius 1 is 1.04 bits per heavy atom. The molecule has 0 amide bonds. The number of rotatable bonds is 4. The van der Waals surface area contributed by atoms with E-state index in [9.17, 15) is 22.8 Å². The molecule has 0 aliphatic heterocycles. The molecule has 28 heavy (non-hydrogen) atoms. The molecule has 0 bridgehead atoms. The van der Waals surface area contributed by atoms with Crippen molar-refractivity contribution in [3.63, 3.8) is 0 Å². The Morgan fingerprint density at radius 2 is 1.68 bits per heavy atom. The van der Waals surface area contributed by atoms with Gasteiger partial charge in [0.1, 0.15) is 16.9 Å². The Kier molecular flexibility index (Phi) is 5.71. The van der Waals surface area contributed by atoms with Crippen LogP contribution in [0.25, 0.3) is 11.3 Å². The van der Waals surface area contributed by atoms with Gasteiger partial charge in [0.2, 0.25) is 0 Å². The maximum absolute atomic E-state index is 13.6. The molecule has 142 valence electrons. The van der Waals surface area contributed by atoms with Crippen LogP contribution in [-0.4, -0.2) is 4.98 Å². The van der Waals surface area contributed by atoms with Gasteiger partial charge in [-0.05, 0) is 30.7 Å². The smallest absolute Gasteiger partial charge is 0.240 e. The summed E-state index contributed by atoms with van der Waals surface area (Å²) >= 11 is 1.02. The zero-order valence-corrected chi connectivity index (χ0v) is 15.5. The molecule has 7 heteroatoms. The van der Waals surface area contributed by atoms with Gasteiger partial charge >= 0.3 is 6.18 Å². The van der Waals surface area contributed by atoms with Gasteiger partial charge in [0, 0.05) is 11.3 Å². The number of benzene rings is 2. The van der Waals surface area contributed by atoms with E-state index in [0.29, 0.717) is 11.1 Å². The lowest BCUT2D eigenvalue weighted by Crippen LogP contribution is -2.10. The molecular weight excluding hydrogens is 388 g/mol. The minimum Gasteiger partial charge on any atom is -0.240 e. The first-order valence-corrected chi connectivity index (χ1v) is 9.23. The van der Waals surface area contributed by atoms with Crippen molar-refractivity contribution < 1.29 is 17.6 Å². The van der Waals surface area contributed by atoms with Crippen LogP contribution in [0, 0.1) is 24.1 Å². The van der Waals surface area contributed by atoms with E-state index in [2.05, 4.69) is 4.98 Å². The number of hydrogen-bond donors (Lipinski definition) is 0. The van der Waals surface area contributed by atoms with Crippen LogP contribution in [0.1, 0.15) is 22.3 Å². The van der Waals surface area contributed by atoms with Crippen molar-refractivity contribution in [2.24, 2.45) is 0 Å². The van der Waals surface area contributed by atoms with E-state index in [0.717, 1.165) is 23.4 Å². The maximum atomic E-state index is 13.6. The summed E-state index contributed by atoms with van der Waals surface area (Å²) in [6.07, 6.45) is -4.68. The van der Waals surface area contributed by atoms with Crippen molar-refractivity contribution >= 4 is 11.8 Å². The summed E-state index contributed by atoms with van der Waals surface area (Å²) in [5, 5.41) is 9.34. The van der Waals surface area contributed by atoms with Gasteiger partial charge in [0.25, 0.3) is 0 Å². The Balaban J connectivity index is 2.05. The summed E-state index contributed by atoms with van der Waals surface area (Å²) in [4.78, 5) is 4.32. The van der Waals surface area contributed by atoms with Crippen LogP contribution in [-0.2, 0) is 11.9 Å². The van der Waals surface area contributed by atoms with Crippen LogP contribution < -0.4 is 0 Å². The molecule has 0 aliphatic rings. The zero-order valence-electron chi connectivity index (χ0n) is 14.7. The van der Waals surface area contributed by atoms with Crippen molar-refractivity contribution in [1.29, 1.82) is 5.26 Å². The molecule has 0 N–H and O–H groups in total. The Bertz CT molecular complexity index is 1020. The standard InChI is InChI=1S/C21H14F4N2S/c1-13-2-6-15(7-3-13)19-10-18(21(23,24)25)17(11-26)20(27-19)28-12-14-4-8-16(22)9-5-14/h2-10H,12H2,1H3. The van der Waals surface area contributed by atoms with Gasteiger partial charge in [-0.25, -0.2) is 9.37 Å². The van der Waals surface area contributed by atoms with Gasteiger partial charge in [-0.1, -0.05) is 42.0 Å². The van der Waals surface area contributed by atoms with Gasteiger partial charge in [-0.3, -0.25) is 0 Å². The lowest BCUT2D eigenvalue weighted by Gasteiger charge is -2.14. The van der Waals surface area contributed by atoms with Crippen molar-refractivity contribution in [3.8, 4) is 17.3 Å². The Labute approximate surface area is 163 Å². The Hall–Kier alpha value is -2.85. The summed E-state index contributed by atoms with van der Waals surface area (Å²) in [6, 6.07) is 15.1. The molecule has 0 fully saturated rings. The summed E-state index contributed by atoms with van der Waals surface area (Å²) in [6.45, 7) is 1.88. The zero-order chi connectivity index (χ0) is 20.3. The van der Waals surface area contributed by atoms with Gasteiger partial charge in [0.15, 0.2) is 0 Å². The van der Waals surface area contributed by atoms with Crippen molar-refractivity contribution in [2.75, 3.05) is 0 Å². The van der Waals surface area contributed by atoms with E-state index in [1.807, 2.05) is 6.92 Å². The lowest BCUT2D eigenvalue weighted by molar-refractivity contribution is -0.138. The molecule has 0 saturated carbocycles. The van der Waals surface area contributed by atoms with Crippen molar-refractivity contribution in [2.45, 2.75) is 23.9 Å². The normalized spacial score (nSPS) is 11.3. The number of nitriles is 1. The van der Waals surface area contributed by atoms with Crippen LogP contribution >= 0.6 is 11.8 Å². The molecule has 1 aromatic heterocycles. The molecule has 3 aromatic rings. The fourth-order valence-electron chi connectivity index (χ4n) is 2.56. The average molecular weight is 402 g/mol. The van der Waals surface area contributed by atoms with E-state index in [-0.39, 0.29) is 16.5 Å². The van der Waals surface area contributed by atoms with E-state index >= 15 is 0 Å². The minimum atomic E-state index is -4.68. The number of halogens is 4. The third kappa shape index (κ3) is 4.52. The first-order chi connectivity index (χ1) is 13.3. The van der Waals surface area contributed by atoms with Gasteiger partial charge in [-0.2, -0.15) is 18.4 Å². The second-order valence-corrected chi connectivity index (χ2v) is 7.09. The number of nitrogens with zero attached hydrogens (tertiary/aromatic N) is 2. The molecular formula is C21H14F4N2S. The molecule has 0 spiro atoms. The summed E-state index contributed by atoms with van der Waals surface area (Å²) in [7, 11) is 0. The van der Waals surface area contributed by atoms with Crippen LogP contribution in [0.2, 0.25) is 0 Å². The second-order valence-electron chi connectivity index (χ2n) is 6.13. The highest BCUT2D eigenvalue weighted by molar-refractivity contribution is 7.98. The molecule has 0 atom stereocenters. The molecule has 3 rings (SSSR count). The van der Waals surface area contributed by atoms with E-state index in [1.54, 1.807) is 42.5 Å². The molecule has 0 unspecified atom stereocenters. The van der Waals surface area contributed by atoms with E-state index in [4.69, 9.17) is 0 Å². The largest absolute Gasteiger partial charge is 0.417 e. The highest BCUT2D eigenvalue weighted by atomic mass is 32.2. The second kappa shape index (κ2) is 8.03. The van der Waals surface area contributed by atoms with E-state index in [1.165, 1.54) is 12.1 Å². The highest BCUT2D eigenvalue weighted by Gasteiger charge is 2.36. The lowest BCUT2D eigenvalue weighted by atomic mass is 10.0. The van der Waals surface area contributed by atoms with Crippen LogP contribution in [0.4, 0.5) is 17.6 Å². The molecule has 1 heterocycles. The predicted molar refractivity (Wildman–Crippen MR) is 100 cm³/mol. The third-order valence-electron chi connectivity index (χ3n) is 4.04. The maximum Gasteiger partial charge on any atom is 0.417 e. The van der Waals surface area contributed by atoms with Crippen molar-refractivity contribution in [3.05, 3.63) is 82.7 Å². The van der Waals surface area contributed by atoms with Crippen LogP contribution in [0.5, 0.6) is 0 Å². The highest BCUT2D eigenvalue weighted by Crippen LogP contribution is 2.38. The number of pyridine rings is 1. The number of aromatic nitrogens is 1. The van der Waals surface area contributed by atoms with Crippen LogP contribution in [0.15, 0.2) is 59.6 Å². The molecule has 2 nitrogen and oxygen atoms in total. The number of aryl methyl sites for hydroxylation is 1. The first kappa shape index (κ1) is 19.9. The summed E-state index contributed by atoms with van der Waals surface area (Å²) < 4.78 is 53.7. The van der Waals surface area contributed by atoms with Crippen LogP contribution in [0.3, 0.4) is 0 Å². The fraction of sp³-hybridized carbons (Fsp3) is 0.143. The quantitative estimate of drug-likeness (QED) is 0.375. The monoisotopic (exact) mass is 402 g/mol. The molecule has 0 saturated heterocycles. The fourth-order valence-corrected chi connectivity index (χ4v) is 3.52. The Morgan fingerprint density at radius 3 is 2.25 bits per heavy atom.